The van der Waals surface area contributed by atoms with Crippen LogP contribution in [-0.4, -0.2) is 31.2 Å². The van der Waals surface area contributed by atoms with Crippen molar-refractivity contribution in [2.75, 3.05) is 0 Å². The van der Waals surface area contributed by atoms with Gasteiger partial charge in [-0.15, -0.1) is 0 Å². The Bertz CT molecular complexity index is 383. The lowest BCUT2D eigenvalue weighted by Crippen LogP contribution is -2.25. The third kappa shape index (κ3) is 2.68. The molecule has 0 saturated heterocycles. The molecule has 0 unspecified atom stereocenters. The maximum atomic E-state index is 9.23. The number of imidazole rings is 1. The van der Waals surface area contributed by atoms with Gasteiger partial charge in [0, 0.05) is 0 Å². The lowest BCUT2D eigenvalue weighted by atomic mass is 10.6. The van der Waals surface area contributed by atoms with Crippen molar-refractivity contribution in [3.8, 4) is 0 Å². The quantitative estimate of drug-likeness (QED) is 0.330. The van der Waals surface area contributed by atoms with E-state index in [0.29, 0.717) is 5.65 Å². The number of fused-ring (bicyclic) bond motifs is 1. The molecule has 2 heterocycles. The van der Waals surface area contributed by atoms with Gasteiger partial charge in [-0.1, -0.05) is 0 Å². The van der Waals surface area contributed by atoms with Gasteiger partial charge in [-0.25, -0.2) is 25.2 Å². The molecule has 2 aromatic heterocycles. The van der Waals surface area contributed by atoms with Crippen LogP contribution in [0.15, 0.2) is 18.9 Å². The maximum absolute atomic E-state index is 9.23. The molecule has 0 aliphatic heterocycles. The zero-order valence-electron chi connectivity index (χ0n) is 7.01. The molecular weight excluding hydrogens is 188 g/mol. The molecule has 0 aromatic carbocycles. The van der Waals surface area contributed by atoms with Crippen LogP contribution < -0.4 is 11.2 Å². The Morgan fingerprint density at radius 1 is 1.57 bits per heavy atom. The van der Waals surface area contributed by atoms with Crippen LogP contribution in [-0.2, 0) is 0 Å². The van der Waals surface area contributed by atoms with Crippen molar-refractivity contribution >= 4 is 17.2 Å². The molecule has 74 valence electrons. The molecule has 0 fully saturated rings. The number of rotatable bonds is 0. The minimum absolute atomic E-state index is 0.713. The number of hydrogen-bond acceptors (Lipinski definition) is 5. The van der Waals surface area contributed by atoms with Crippen molar-refractivity contribution in [1.29, 1.82) is 0 Å². The SMILES string of the molecule is NC(=O)NO.c1ncc2[nH]cnc2n1. The van der Waals surface area contributed by atoms with Gasteiger partial charge < -0.3 is 10.7 Å². The average molecular weight is 196 g/mol. The second kappa shape index (κ2) is 4.72. The fourth-order valence-corrected chi connectivity index (χ4v) is 0.691. The van der Waals surface area contributed by atoms with Gasteiger partial charge in [0.05, 0.1) is 12.5 Å². The van der Waals surface area contributed by atoms with Gasteiger partial charge in [0.25, 0.3) is 0 Å². The lowest BCUT2D eigenvalue weighted by molar-refractivity contribution is 0.169. The molecule has 0 atom stereocenters. The maximum Gasteiger partial charge on any atom is 0.335 e. The molecule has 5 N–H and O–H groups in total. The van der Waals surface area contributed by atoms with E-state index in [1.165, 1.54) is 11.8 Å². The molecule has 2 aromatic rings. The van der Waals surface area contributed by atoms with Crippen LogP contribution in [0.3, 0.4) is 0 Å². The van der Waals surface area contributed by atoms with Crippen LogP contribution in [0.5, 0.6) is 0 Å². The third-order valence-corrected chi connectivity index (χ3v) is 1.21. The van der Waals surface area contributed by atoms with Gasteiger partial charge >= 0.3 is 6.03 Å². The molecule has 0 aliphatic carbocycles. The van der Waals surface area contributed by atoms with Crippen molar-refractivity contribution < 1.29 is 10.0 Å². The van der Waals surface area contributed by atoms with E-state index < -0.39 is 6.03 Å². The van der Waals surface area contributed by atoms with Crippen LogP contribution in [0.25, 0.3) is 11.2 Å². The molecule has 2 rings (SSSR count). The van der Waals surface area contributed by atoms with E-state index in [9.17, 15) is 4.79 Å². The Morgan fingerprint density at radius 3 is 2.86 bits per heavy atom. The Labute approximate surface area is 78.2 Å². The fraction of sp³-hybridized carbons (Fsp3) is 0. The van der Waals surface area contributed by atoms with Crippen LogP contribution in [0.1, 0.15) is 0 Å². The Balaban J connectivity index is 0.000000171. The molecule has 0 bridgehead atoms. The van der Waals surface area contributed by atoms with E-state index in [2.05, 4.69) is 25.7 Å². The first kappa shape index (κ1) is 9.86. The number of H-pyrrole nitrogens is 1. The summed E-state index contributed by atoms with van der Waals surface area (Å²) in [6, 6.07) is -0.940. The number of primary amides is 1. The number of urea groups is 1. The zero-order chi connectivity index (χ0) is 10.4. The zero-order valence-corrected chi connectivity index (χ0v) is 7.01. The highest BCUT2D eigenvalue weighted by Gasteiger charge is 1.91. The van der Waals surface area contributed by atoms with Gasteiger partial charge in [-0.2, -0.15) is 0 Å². The van der Waals surface area contributed by atoms with Gasteiger partial charge in [-0.05, 0) is 0 Å². The molecule has 0 radical (unpaired) electrons. The molecular formula is C6H8N6O2. The fourth-order valence-electron chi connectivity index (χ4n) is 0.691. The summed E-state index contributed by atoms with van der Waals surface area (Å²) in [5.41, 5.74) is 7.04. The number of nitrogens with zero attached hydrogens (tertiary/aromatic N) is 3. The number of aromatic nitrogens is 4. The Morgan fingerprint density at radius 2 is 2.29 bits per heavy atom. The predicted octanol–water partition coefficient (Wildman–Crippen LogP) is -0.603. The van der Waals surface area contributed by atoms with Gasteiger partial charge in [0.2, 0.25) is 0 Å². The van der Waals surface area contributed by atoms with Crippen molar-refractivity contribution in [2.45, 2.75) is 0 Å². The average Bonchev–Trinajstić information content (AvgIpc) is 2.66. The summed E-state index contributed by atoms with van der Waals surface area (Å²) in [6.45, 7) is 0. The number of aromatic amines is 1. The van der Waals surface area contributed by atoms with E-state index in [4.69, 9.17) is 5.21 Å². The first-order valence-electron chi connectivity index (χ1n) is 3.52. The number of amides is 2. The third-order valence-electron chi connectivity index (χ3n) is 1.21. The molecule has 0 spiro atoms. The minimum atomic E-state index is -0.940. The molecule has 0 saturated carbocycles. The highest BCUT2D eigenvalue weighted by molar-refractivity contribution is 5.70. The van der Waals surface area contributed by atoms with E-state index in [1.807, 2.05) is 0 Å². The Kier molecular flexibility index (Phi) is 3.33. The number of carbonyl (C=O) groups excluding carboxylic acids is 1. The first-order chi connectivity index (χ1) is 6.74. The van der Waals surface area contributed by atoms with E-state index in [-0.39, 0.29) is 0 Å². The summed E-state index contributed by atoms with van der Waals surface area (Å²) in [5, 5.41) is 7.42. The number of carbonyl (C=O) groups is 1. The standard InChI is InChI=1S/C5H4N4.CH4N2O2/c1-4-5(8-2-6-1)9-3-7-4;2-1(4)3-5/h1-3H,(H,6,7,8,9);5H,(H3,2,3,4). The molecule has 14 heavy (non-hydrogen) atoms. The van der Waals surface area contributed by atoms with Crippen LogP contribution >= 0.6 is 0 Å². The first-order valence-corrected chi connectivity index (χ1v) is 3.52. The number of nitrogens with one attached hydrogen (secondary N) is 2. The smallest absolute Gasteiger partial charge is 0.335 e. The van der Waals surface area contributed by atoms with Gasteiger partial charge in [0.15, 0.2) is 5.65 Å². The van der Waals surface area contributed by atoms with Crippen LogP contribution in [0.2, 0.25) is 0 Å². The van der Waals surface area contributed by atoms with E-state index >= 15 is 0 Å². The highest BCUT2D eigenvalue weighted by Crippen LogP contribution is 1.99. The van der Waals surface area contributed by atoms with Crippen LogP contribution in [0.4, 0.5) is 4.79 Å². The summed E-state index contributed by atoms with van der Waals surface area (Å²) >= 11 is 0. The largest absolute Gasteiger partial charge is 0.350 e. The number of nitrogens with two attached hydrogens (primary N) is 1. The van der Waals surface area contributed by atoms with Crippen molar-refractivity contribution in [3.05, 3.63) is 18.9 Å². The summed E-state index contributed by atoms with van der Waals surface area (Å²) in [7, 11) is 0. The summed E-state index contributed by atoms with van der Waals surface area (Å²) < 4.78 is 0. The predicted molar refractivity (Wildman–Crippen MR) is 46.2 cm³/mol. The van der Waals surface area contributed by atoms with E-state index in [1.54, 1.807) is 12.5 Å². The molecule has 2 amide bonds. The lowest BCUT2D eigenvalue weighted by Gasteiger charge is -1.80. The summed E-state index contributed by atoms with van der Waals surface area (Å²) in [5.74, 6) is 0. The van der Waals surface area contributed by atoms with Crippen molar-refractivity contribution in [2.24, 2.45) is 5.73 Å². The number of hydroxylamine groups is 1. The molecule has 8 nitrogen and oxygen atoms in total. The van der Waals surface area contributed by atoms with Crippen molar-refractivity contribution in [1.82, 2.24) is 25.4 Å². The van der Waals surface area contributed by atoms with Crippen molar-refractivity contribution in [3.63, 3.8) is 0 Å². The number of hydrogen-bond donors (Lipinski definition) is 4. The normalized spacial score (nSPS) is 8.93. The van der Waals surface area contributed by atoms with E-state index in [0.717, 1.165) is 5.52 Å². The summed E-state index contributed by atoms with van der Waals surface area (Å²) in [4.78, 5) is 23.7. The van der Waals surface area contributed by atoms with Gasteiger partial charge in [0.1, 0.15) is 11.8 Å². The molecule has 0 aliphatic rings. The highest BCUT2D eigenvalue weighted by atomic mass is 16.5. The Hall–Kier alpha value is -2.22. The second-order valence-electron chi connectivity index (χ2n) is 2.14. The minimum Gasteiger partial charge on any atom is -0.350 e. The van der Waals surface area contributed by atoms with Gasteiger partial charge in [-0.3, -0.25) is 5.21 Å². The van der Waals surface area contributed by atoms with Crippen LogP contribution in [0, 0.1) is 0 Å². The molecule has 8 heteroatoms. The monoisotopic (exact) mass is 196 g/mol. The summed E-state index contributed by atoms with van der Waals surface area (Å²) in [6.07, 6.45) is 4.76. The second-order valence-corrected chi connectivity index (χ2v) is 2.14. The topological polar surface area (TPSA) is 130 Å².